The van der Waals surface area contributed by atoms with Crippen LogP contribution >= 0.6 is 0 Å². The number of hydrogen-bond donors (Lipinski definition) is 0. The van der Waals surface area contributed by atoms with E-state index in [1.807, 2.05) is 19.1 Å². The van der Waals surface area contributed by atoms with Crippen molar-refractivity contribution in [2.45, 2.75) is 57.5 Å². The van der Waals surface area contributed by atoms with Crippen LogP contribution in [0.25, 0.3) is 0 Å². The molecule has 1 fully saturated rings. The Kier molecular flexibility index (Phi) is 4.29. The van der Waals surface area contributed by atoms with E-state index in [9.17, 15) is 4.79 Å². The van der Waals surface area contributed by atoms with Gasteiger partial charge in [-0.3, -0.25) is 4.79 Å². The van der Waals surface area contributed by atoms with Crippen LogP contribution in [0.5, 0.6) is 5.75 Å². The van der Waals surface area contributed by atoms with Crippen molar-refractivity contribution in [2.75, 3.05) is 13.2 Å². The van der Waals surface area contributed by atoms with Gasteiger partial charge in [0.05, 0.1) is 12.2 Å². The summed E-state index contributed by atoms with van der Waals surface area (Å²) in [4.78, 5) is 13.2. The van der Waals surface area contributed by atoms with Gasteiger partial charge in [0.1, 0.15) is 11.4 Å². The van der Waals surface area contributed by atoms with Crippen molar-refractivity contribution >= 4 is 5.78 Å². The average Bonchev–Trinajstić information content (AvgIpc) is 2.55. The fourth-order valence-corrected chi connectivity index (χ4v) is 3.65. The quantitative estimate of drug-likeness (QED) is 0.787. The highest BCUT2D eigenvalue weighted by atomic mass is 16.5. The number of rotatable bonds is 4. The number of benzene rings is 1. The zero-order chi connectivity index (χ0) is 14.7. The van der Waals surface area contributed by atoms with Crippen molar-refractivity contribution < 1.29 is 14.3 Å². The van der Waals surface area contributed by atoms with Crippen molar-refractivity contribution in [3.63, 3.8) is 0 Å². The summed E-state index contributed by atoms with van der Waals surface area (Å²) in [6, 6.07) is 5.95. The SMILES string of the molecule is CCOC1(C(=O)c2cccc3c2OCCC3)CCCCC1. The van der Waals surface area contributed by atoms with Crippen LogP contribution in [0.15, 0.2) is 18.2 Å². The molecule has 114 valence electrons. The lowest BCUT2D eigenvalue weighted by atomic mass is 9.78. The molecule has 0 unspecified atom stereocenters. The molecule has 0 aromatic heterocycles. The van der Waals surface area contributed by atoms with E-state index in [-0.39, 0.29) is 5.78 Å². The molecule has 1 saturated carbocycles. The maximum Gasteiger partial charge on any atom is 0.198 e. The van der Waals surface area contributed by atoms with Crippen LogP contribution in [-0.4, -0.2) is 24.6 Å². The van der Waals surface area contributed by atoms with Crippen molar-refractivity contribution in [3.8, 4) is 5.75 Å². The largest absolute Gasteiger partial charge is 0.493 e. The number of fused-ring (bicyclic) bond motifs is 1. The molecule has 0 spiro atoms. The number of para-hydroxylation sites is 1. The first kappa shape index (κ1) is 14.6. The molecule has 0 saturated heterocycles. The maximum atomic E-state index is 13.2. The number of ketones is 1. The standard InChI is InChI=1S/C18H24O3/c1-2-21-18(11-4-3-5-12-18)17(19)15-10-6-8-14-9-7-13-20-16(14)15/h6,8,10H,2-5,7,9,11-13H2,1H3. The summed E-state index contributed by atoms with van der Waals surface area (Å²) in [5.74, 6) is 0.932. The topological polar surface area (TPSA) is 35.5 Å². The maximum absolute atomic E-state index is 13.2. The monoisotopic (exact) mass is 288 g/mol. The Morgan fingerprint density at radius 3 is 2.81 bits per heavy atom. The van der Waals surface area contributed by atoms with Gasteiger partial charge in [0, 0.05) is 6.61 Å². The van der Waals surface area contributed by atoms with Gasteiger partial charge in [-0.15, -0.1) is 0 Å². The molecule has 1 aliphatic carbocycles. The molecule has 3 heteroatoms. The lowest BCUT2D eigenvalue weighted by Gasteiger charge is -2.36. The van der Waals surface area contributed by atoms with Gasteiger partial charge in [0.25, 0.3) is 0 Å². The Morgan fingerprint density at radius 1 is 1.24 bits per heavy atom. The number of ether oxygens (including phenoxy) is 2. The van der Waals surface area contributed by atoms with Crippen LogP contribution < -0.4 is 4.74 Å². The summed E-state index contributed by atoms with van der Waals surface area (Å²) in [5, 5.41) is 0. The van der Waals surface area contributed by atoms with Crippen LogP contribution in [0.4, 0.5) is 0 Å². The molecule has 0 radical (unpaired) electrons. The van der Waals surface area contributed by atoms with Gasteiger partial charge in [-0.2, -0.15) is 0 Å². The Bertz CT molecular complexity index is 510. The van der Waals surface area contributed by atoms with Crippen LogP contribution in [0, 0.1) is 0 Å². The summed E-state index contributed by atoms with van der Waals surface area (Å²) in [5.41, 5.74) is 1.26. The minimum atomic E-state index is -0.622. The Hall–Kier alpha value is -1.35. The third-order valence-electron chi connectivity index (χ3n) is 4.67. The van der Waals surface area contributed by atoms with E-state index in [0.717, 1.165) is 55.4 Å². The van der Waals surface area contributed by atoms with Crippen LogP contribution in [0.2, 0.25) is 0 Å². The van der Waals surface area contributed by atoms with E-state index >= 15 is 0 Å². The highest BCUT2D eigenvalue weighted by Crippen LogP contribution is 2.38. The fourth-order valence-electron chi connectivity index (χ4n) is 3.65. The average molecular weight is 288 g/mol. The van der Waals surface area contributed by atoms with Crippen LogP contribution in [0.3, 0.4) is 0 Å². The summed E-state index contributed by atoms with van der Waals surface area (Å²) < 4.78 is 11.8. The number of carbonyl (C=O) groups excluding carboxylic acids is 1. The van der Waals surface area contributed by atoms with E-state index in [2.05, 4.69) is 6.07 Å². The second-order valence-electron chi connectivity index (χ2n) is 6.06. The summed E-state index contributed by atoms with van der Waals surface area (Å²) in [6.45, 7) is 3.27. The number of Topliss-reactive ketones (excluding diaryl/α,β-unsaturated/α-hetero) is 1. The van der Waals surface area contributed by atoms with Crippen molar-refractivity contribution in [3.05, 3.63) is 29.3 Å². The lowest BCUT2D eigenvalue weighted by molar-refractivity contribution is -0.0412. The molecule has 0 amide bonds. The second-order valence-corrected chi connectivity index (χ2v) is 6.06. The van der Waals surface area contributed by atoms with Crippen LogP contribution in [-0.2, 0) is 11.2 Å². The Labute approximate surface area is 126 Å². The van der Waals surface area contributed by atoms with E-state index in [0.29, 0.717) is 13.2 Å². The fraction of sp³-hybridized carbons (Fsp3) is 0.611. The predicted octanol–water partition coefficient (Wildman–Crippen LogP) is 3.93. The molecule has 1 aliphatic heterocycles. The minimum Gasteiger partial charge on any atom is -0.493 e. The molecular weight excluding hydrogens is 264 g/mol. The molecule has 3 rings (SSSR count). The Balaban J connectivity index is 1.96. The summed E-state index contributed by atoms with van der Waals surface area (Å²) in [6.07, 6.45) is 7.04. The van der Waals surface area contributed by atoms with Gasteiger partial charge in [-0.1, -0.05) is 31.4 Å². The van der Waals surface area contributed by atoms with Gasteiger partial charge < -0.3 is 9.47 Å². The molecule has 2 aliphatic rings. The molecular formula is C18H24O3. The van der Waals surface area contributed by atoms with E-state index < -0.39 is 5.60 Å². The van der Waals surface area contributed by atoms with Gasteiger partial charge >= 0.3 is 0 Å². The predicted molar refractivity (Wildman–Crippen MR) is 82.0 cm³/mol. The van der Waals surface area contributed by atoms with Crippen molar-refractivity contribution in [1.29, 1.82) is 0 Å². The molecule has 1 aromatic rings. The van der Waals surface area contributed by atoms with Crippen LogP contribution in [0.1, 0.15) is 61.4 Å². The van der Waals surface area contributed by atoms with Crippen molar-refractivity contribution in [1.82, 2.24) is 0 Å². The minimum absolute atomic E-state index is 0.128. The van der Waals surface area contributed by atoms with E-state index in [1.54, 1.807) is 0 Å². The lowest BCUT2D eigenvalue weighted by Crippen LogP contribution is -2.43. The van der Waals surface area contributed by atoms with E-state index in [1.165, 1.54) is 6.42 Å². The van der Waals surface area contributed by atoms with Gasteiger partial charge in [-0.25, -0.2) is 0 Å². The summed E-state index contributed by atoms with van der Waals surface area (Å²) in [7, 11) is 0. The zero-order valence-corrected chi connectivity index (χ0v) is 12.8. The van der Waals surface area contributed by atoms with Gasteiger partial charge in [-0.05, 0) is 44.2 Å². The first-order valence-corrected chi connectivity index (χ1v) is 8.20. The molecule has 3 nitrogen and oxygen atoms in total. The third kappa shape index (κ3) is 2.71. The second kappa shape index (κ2) is 6.18. The molecule has 1 aromatic carbocycles. The first-order valence-electron chi connectivity index (χ1n) is 8.20. The van der Waals surface area contributed by atoms with Gasteiger partial charge in [0.2, 0.25) is 0 Å². The molecule has 1 heterocycles. The smallest absolute Gasteiger partial charge is 0.198 e. The zero-order valence-electron chi connectivity index (χ0n) is 12.8. The number of carbonyl (C=O) groups is 1. The molecule has 21 heavy (non-hydrogen) atoms. The number of aryl methyl sites for hydroxylation is 1. The van der Waals surface area contributed by atoms with Gasteiger partial charge in [0.15, 0.2) is 5.78 Å². The molecule has 0 N–H and O–H groups in total. The summed E-state index contributed by atoms with van der Waals surface area (Å²) >= 11 is 0. The van der Waals surface area contributed by atoms with Crippen molar-refractivity contribution in [2.24, 2.45) is 0 Å². The first-order chi connectivity index (χ1) is 10.3. The normalized spacial score (nSPS) is 20.4. The highest BCUT2D eigenvalue weighted by molar-refractivity contribution is 6.05. The van der Waals surface area contributed by atoms with E-state index in [4.69, 9.17) is 9.47 Å². The number of hydrogen-bond acceptors (Lipinski definition) is 3. The molecule has 0 bridgehead atoms. The molecule has 0 atom stereocenters. The third-order valence-corrected chi connectivity index (χ3v) is 4.67. The Morgan fingerprint density at radius 2 is 2.05 bits per heavy atom. The highest BCUT2D eigenvalue weighted by Gasteiger charge is 2.42.